The number of para-hydroxylation sites is 1. The minimum atomic E-state index is -0.967. The Balaban J connectivity index is 1.39. The Bertz CT molecular complexity index is 984. The maximum absolute atomic E-state index is 13.2. The summed E-state index contributed by atoms with van der Waals surface area (Å²) in [6, 6.07) is 9.68. The largest absolute Gasteiger partial charge is 0.465 e. The van der Waals surface area contributed by atoms with Gasteiger partial charge in [0.25, 0.3) is 5.91 Å². The standard InChI is InChI=1S/C25H35N5O4/c31-14-13-29-9-11-30(12-10-29)23-15-21(20-3-1-2-4-22(20)28-23)24(32)26-16-18-5-7-19(8-6-18)17-27-25(33)34/h1-4,15,18-19,27,31H,5-14,16-17H2,(H,26,32)(H,33,34). The van der Waals surface area contributed by atoms with Gasteiger partial charge in [-0.3, -0.25) is 9.69 Å². The molecule has 2 heterocycles. The molecule has 1 aliphatic heterocycles. The molecule has 9 nitrogen and oxygen atoms in total. The first-order valence-electron chi connectivity index (χ1n) is 12.3. The molecular formula is C25H35N5O4. The minimum Gasteiger partial charge on any atom is -0.465 e. The number of β-amino-alcohol motifs (C(OH)–C–C–N with tert-alkyl or cyclic N) is 1. The number of carbonyl (C=O) groups excluding carboxylic acids is 1. The molecule has 1 aliphatic carbocycles. The van der Waals surface area contributed by atoms with Crippen molar-refractivity contribution in [3.8, 4) is 0 Å². The lowest BCUT2D eigenvalue weighted by atomic mass is 9.82. The number of nitrogens with one attached hydrogen (secondary N) is 2. The fraction of sp³-hybridized carbons (Fsp3) is 0.560. The molecule has 0 radical (unpaired) electrons. The van der Waals surface area contributed by atoms with Gasteiger partial charge in [-0.05, 0) is 49.7 Å². The fourth-order valence-corrected chi connectivity index (χ4v) is 5.06. The van der Waals surface area contributed by atoms with Crippen molar-refractivity contribution in [2.24, 2.45) is 11.8 Å². The van der Waals surface area contributed by atoms with Gasteiger partial charge in [-0.15, -0.1) is 0 Å². The molecule has 1 saturated carbocycles. The zero-order chi connectivity index (χ0) is 23.9. The van der Waals surface area contributed by atoms with Crippen LogP contribution in [0.2, 0.25) is 0 Å². The Kier molecular flexibility index (Phi) is 8.18. The predicted molar refractivity (Wildman–Crippen MR) is 131 cm³/mol. The molecule has 4 rings (SSSR count). The van der Waals surface area contributed by atoms with Gasteiger partial charge < -0.3 is 25.7 Å². The highest BCUT2D eigenvalue weighted by Gasteiger charge is 2.24. The zero-order valence-electron chi connectivity index (χ0n) is 19.6. The minimum absolute atomic E-state index is 0.0755. The van der Waals surface area contributed by atoms with Gasteiger partial charge >= 0.3 is 6.09 Å². The molecule has 9 heteroatoms. The Morgan fingerprint density at radius 1 is 0.971 bits per heavy atom. The van der Waals surface area contributed by atoms with Gasteiger partial charge in [0.2, 0.25) is 0 Å². The number of amides is 2. The van der Waals surface area contributed by atoms with Crippen LogP contribution in [0.3, 0.4) is 0 Å². The summed E-state index contributed by atoms with van der Waals surface area (Å²) in [5.41, 5.74) is 1.46. The molecule has 0 bridgehead atoms. The van der Waals surface area contributed by atoms with Gasteiger partial charge in [0, 0.05) is 51.2 Å². The van der Waals surface area contributed by atoms with Crippen molar-refractivity contribution in [1.82, 2.24) is 20.5 Å². The fourth-order valence-electron chi connectivity index (χ4n) is 5.06. The van der Waals surface area contributed by atoms with Gasteiger partial charge in [0.15, 0.2) is 0 Å². The van der Waals surface area contributed by atoms with Gasteiger partial charge in [0.05, 0.1) is 17.7 Å². The van der Waals surface area contributed by atoms with E-state index in [0.717, 1.165) is 68.6 Å². The van der Waals surface area contributed by atoms with E-state index in [9.17, 15) is 14.7 Å². The average molecular weight is 470 g/mol. The number of carboxylic acid groups (broad SMARTS) is 1. The third-order valence-electron chi connectivity index (χ3n) is 7.12. The molecule has 4 N–H and O–H groups in total. The average Bonchev–Trinajstić information content (AvgIpc) is 2.86. The molecule has 2 aromatic rings. The van der Waals surface area contributed by atoms with E-state index in [1.54, 1.807) is 0 Å². The number of aliphatic hydroxyl groups is 1. The summed E-state index contributed by atoms with van der Waals surface area (Å²) in [6.07, 6.45) is 2.97. The van der Waals surface area contributed by atoms with Crippen LogP contribution < -0.4 is 15.5 Å². The second kappa shape index (κ2) is 11.5. The van der Waals surface area contributed by atoms with Crippen LogP contribution in [0, 0.1) is 11.8 Å². The van der Waals surface area contributed by atoms with E-state index < -0.39 is 6.09 Å². The number of carbonyl (C=O) groups is 2. The lowest BCUT2D eigenvalue weighted by Crippen LogP contribution is -2.47. The van der Waals surface area contributed by atoms with Crippen molar-refractivity contribution in [1.29, 1.82) is 0 Å². The van der Waals surface area contributed by atoms with Gasteiger partial charge in [-0.25, -0.2) is 9.78 Å². The number of piperazine rings is 1. The van der Waals surface area contributed by atoms with Crippen molar-refractivity contribution in [2.45, 2.75) is 25.7 Å². The van der Waals surface area contributed by atoms with E-state index in [1.807, 2.05) is 30.3 Å². The molecule has 1 aromatic heterocycles. The molecule has 0 spiro atoms. The number of fused-ring (bicyclic) bond motifs is 1. The second-order valence-electron chi connectivity index (χ2n) is 9.38. The lowest BCUT2D eigenvalue weighted by molar-refractivity contribution is 0.0942. The molecule has 2 amide bonds. The van der Waals surface area contributed by atoms with Gasteiger partial charge in [-0.1, -0.05) is 18.2 Å². The number of pyridine rings is 1. The molecule has 2 fully saturated rings. The number of nitrogens with zero attached hydrogens (tertiary/aromatic N) is 3. The van der Waals surface area contributed by atoms with Crippen LogP contribution in [0.25, 0.3) is 10.9 Å². The number of aromatic nitrogens is 1. The quantitative estimate of drug-likeness (QED) is 0.468. The number of benzene rings is 1. The number of hydrogen-bond acceptors (Lipinski definition) is 6. The Morgan fingerprint density at radius 3 is 2.26 bits per heavy atom. The topological polar surface area (TPSA) is 118 Å². The molecule has 2 aliphatic rings. The van der Waals surface area contributed by atoms with Crippen molar-refractivity contribution >= 4 is 28.7 Å². The number of hydrogen-bond donors (Lipinski definition) is 4. The lowest BCUT2D eigenvalue weighted by Gasteiger charge is -2.35. The molecular weight excluding hydrogens is 434 g/mol. The maximum Gasteiger partial charge on any atom is 0.404 e. The molecule has 0 atom stereocenters. The van der Waals surface area contributed by atoms with Crippen LogP contribution in [-0.4, -0.2) is 84.5 Å². The number of anilines is 1. The Morgan fingerprint density at radius 2 is 1.62 bits per heavy atom. The summed E-state index contributed by atoms with van der Waals surface area (Å²) in [4.78, 5) is 33.2. The Labute approximate surface area is 200 Å². The summed E-state index contributed by atoms with van der Waals surface area (Å²) in [6.45, 7) is 5.34. The van der Waals surface area contributed by atoms with E-state index >= 15 is 0 Å². The smallest absolute Gasteiger partial charge is 0.404 e. The summed E-state index contributed by atoms with van der Waals surface area (Å²) >= 11 is 0. The van der Waals surface area contributed by atoms with Crippen molar-refractivity contribution < 1.29 is 19.8 Å². The second-order valence-corrected chi connectivity index (χ2v) is 9.38. The zero-order valence-corrected chi connectivity index (χ0v) is 19.6. The van der Waals surface area contributed by atoms with E-state index in [2.05, 4.69) is 20.4 Å². The molecule has 34 heavy (non-hydrogen) atoms. The van der Waals surface area contributed by atoms with Crippen LogP contribution in [0.1, 0.15) is 36.0 Å². The first-order valence-corrected chi connectivity index (χ1v) is 12.3. The van der Waals surface area contributed by atoms with E-state index in [1.165, 1.54) is 0 Å². The van der Waals surface area contributed by atoms with Crippen molar-refractivity contribution in [2.75, 3.05) is 57.3 Å². The molecule has 1 saturated heterocycles. The monoisotopic (exact) mass is 469 g/mol. The van der Waals surface area contributed by atoms with Gasteiger partial charge in [-0.2, -0.15) is 0 Å². The first kappa shape index (κ1) is 24.2. The SMILES string of the molecule is O=C(O)NCC1CCC(CNC(=O)c2cc(N3CCN(CCO)CC3)nc3ccccc23)CC1. The van der Waals surface area contributed by atoms with Crippen LogP contribution in [0.4, 0.5) is 10.6 Å². The van der Waals surface area contributed by atoms with Crippen molar-refractivity contribution in [3.63, 3.8) is 0 Å². The summed E-state index contributed by atoms with van der Waals surface area (Å²) in [7, 11) is 0. The highest BCUT2D eigenvalue weighted by atomic mass is 16.4. The molecule has 1 aromatic carbocycles. The number of rotatable bonds is 8. The van der Waals surface area contributed by atoms with Crippen LogP contribution >= 0.6 is 0 Å². The van der Waals surface area contributed by atoms with Gasteiger partial charge in [0.1, 0.15) is 5.82 Å². The third kappa shape index (κ3) is 6.15. The highest BCUT2D eigenvalue weighted by molar-refractivity contribution is 6.07. The normalized spacial score (nSPS) is 21.4. The predicted octanol–water partition coefficient (Wildman–Crippen LogP) is 2.15. The Hall–Kier alpha value is -2.91. The summed E-state index contributed by atoms with van der Waals surface area (Å²) < 4.78 is 0. The van der Waals surface area contributed by atoms with E-state index in [0.29, 0.717) is 37.0 Å². The third-order valence-corrected chi connectivity index (χ3v) is 7.12. The molecule has 0 unspecified atom stereocenters. The van der Waals surface area contributed by atoms with E-state index in [-0.39, 0.29) is 12.5 Å². The molecule has 184 valence electrons. The summed E-state index contributed by atoms with van der Waals surface area (Å²) in [5.74, 6) is 1.54. The van der Waals surface area contributed by atoms with E-state index in [4.69, 9.17) is 10.1 Å². The maximum atomic E-state index is 13.2. The van der Waals surface area contributed by atoms with Crippen LogP contribution in [-0.2, 0) is 0 Å². The van der Waals surface area contributed by atoms with Crippen molar-refractivity contribution in [3.05, 3.63) is 35.9 Å². The first-order chi connectivity index (χ1) is 16.5. The van der Waals surface area contributed by atoms with Crippen LogP contribution in [0.5, 0.6) is 0 Å². The highest BCUT2D eigenvalue weighted by Crippen LogP contribution is 2.28. The summed E-state index contributed by atoms with van der Waals surface area (Å²) in [5, 5.41) is 24.5. The van der Waals surface area contributed by atoms with Crippen LogP contribution in [0.15, 0.2) is 30.3 Å². The number of aliphatic hydroxyl groups excluding tert-OH is 1.